The van der Waals surface area contributed by atoms with Gasteiger partial charge in [0.25, 0.3) is 0 Å². The summed E-state index contributed by atoms with van der Waals surface area (Å²) in [5.74, 6) is 2.08. The van der Waals surface area contributed by atoms with Gasteiger partial charge in [-0.3, -0.25) is 4.68 Å². The van der Waals surface area contributed by atoms with E-state index in [2.05, 4.69) is 52.0 Å². The number of nitriles is 1. The number of hydrogen-bond donors (Lipinski definition) is 1. The van der Waals surface area contributed by atoms with Crippen LogP contribution in [0.4, 0.5) is 0 Å². The van der Waals surface area contributed by atoms with Crippen molar-refractivity contribution in [3.63, 3.8) is 0 Å². The lowest BCUT2D eigenvalue weighted by Gasteiger charge is -2.31. The topological polar surface area (TPSA) is 69.9 Å². The zero-order valence-electron chi connectivity index (χ0n) is 25.4. The minimum Gasteiger partial charge on any atom is -0.457 e. The molecule has 0 atom stereocenters. The number of likely N-dealkylation sites (tertiary alicyclic amines) is 1. The van der Waals surface area contributed by atoms with Crippen molar-refractivity contribution in [3.8, 4) is 28.8 Å². The standard InChI is InChI=1S/C37H40ClN5O/c1-2-3-20-43-37(29-8-12-32(13-9-29)44-33-14-10-31(38)11-15-33)24-36(41-43)28-17-21-42(22-18-28)19-5-4-6-30-26-40-35-16-7-27(25-39)23-34(30)35/h7-16,23-24,26,28,40H,2-6,17-22H2,1H3. The molecule has 0 spiro atoms. The van der Waals surface area contributed by atoms with E-state index in [4.69, 9.17) is 21.4 Å². The van der Waals surface area contributed by atoms with Crippen LogP contribution in [0.3, 0.4) is 0 Å². The Balaban J connectivity index is 1.03. The van der Waals surface area contributed by atoms with E-state index in [1.165, 1.54) is 34.3 Å². The predicted molar refractivity (Wildman–Crippen MR) is 178 cm³/mol. The van der Waals surface area contributed by atoms with E-state index in [-0.39, 0.29) is 0 Å². The first-order valence-corrected chi connectivity index (χ1v) is 16.3. The molecule has 1 N–H and O–H groups in total. The van der Waals surface area contributed by atoms with E-state index < -0.39 is 0 Å². The molecule has 1 aliphatic rings. The number of aromatic nitrogens is 3. The maximum absolute atomic E-state index is 9.26. The van der Waals surface area contributed by atoms with Gasteiger partial charge in [-0.15, -0.1) is 0 Å². The average Bonchev–Trinajstić information content (AvgIpc) is 3.68. The molecule has 0 radical (unpaired) electrons. The second-order valence-electron chi connectivity index (χ2n) is 11.9. The van der Waals surface area contributed by atoms with Crippen LogP contribution in [0.5, 0.6) is 11.5 Å². The zero-order valence-corrected chi connectivity index (χ0v) is 26.2. The summed E-state index contributed by atoms with van der Waals surface area (Å²) in [4.78, 5) is 5.97. The molecule has 7 heteroatoms. The molecule has 6 rings (SSSR count). The van der Waals surface area contributed by atoms with Gasteiger partial charge in [-0.1, -0.05) is 24.9 Å². The van der Waals surface area contributed by atoms with Gasteiger partial charge >= 0.3 is 0 Å². The van der Waals surface area contributed by atoms with Crippen LogP contribution in [0.25, 0.3) is 22.2 Å². The molecule has 0 aliphatic carbocycles. The van der Waals surface area contributed by atoms with Crippen LogP contribution in [-0.2, 0) is 13.0 Å². The maximum Gasteiger partial charge on any atom is 0.127 e. The Labute approximate surface area is 265 Å². The van der Waals surface area contributed by atoms with Gasteiger partial charge in [0.15, 0.2) is 0 Å². The molecule has 226 valence electrons. The summed E-state index contributed by atoms with van der Waals surface area (Å²) in [5.41, 5.74) is 6.73. The summed E-state index contributed by atoms with van der Waals surface area (Å²) in [6.07, 6.45) is 10.0. The Morgan fingerprint density at radius 3 is 2.41 bits per heavy atom. The molecular weight excluding hydrogens is 566 g/mol. The third kappa shape index (κ3) is 7.18. The fourth-order valence-corrected chi connectivity index (χ4v) is 6.36. The van der Waals surface area contributed by atoms with E-state index in [1.807, 2.05) is 54.6 Å². The number of halogens is 1. The molecule has 0 saturated carbocycles. The Bertz CT molecular complexity index is 1710. The summed E-state index contributed by atoms with van der Waals surface area (Å²) in [6.45, 7) is 6.54. The van der Waals surface area contributed by atoms with Crippen molar-refractivity contribution in [2.45, 2.75) is 64.3 Å². The molecular formula is C37H40ClN5O. The predicted octanol–water partition coefficient (Wildman–Crippen LogP) is 9.35. The zero-order chi connectivity index (χ0) is 30.3. The van der Waals surface area contributed by atoms with Gasteiger partial charge in [0.1, 0.15) is 11.5 Å². The molecule has 0 unspecified atom stereocenters. The second kappa shape index (κ2) is 14.2. The largest absolute Gasteiger partial charge is 0.457 e. The number of nitrogens with zero attached hydrogens (tertiary/aromatic N) is 4. The first kappa shape index (κ1) is 30.0. The first-order chi connectivity index (χ1) is 21.6. The van der Waals surface area contributed by atoms with Crippen LogP contribution in [0.1, 0.15) is 68.2 Å². The van der Waals surface area contributed by atoms with Crippen molar-refractivity contribution >= 4 is 22.5 Å². The molecule has 0 amide bonds. The molecule has 3 heterocycles. The van der Waals surface area contributed by atoms with Gasteiger partial charge < -0.3 is 14.6 Å². The Morgan fingerprint density at radius 1 is 0.932 bits per heavy atom. The minimum atomic E-state index is 0.501. The molecule has 3 aromatic carbocycles. The third-order valence-corrected chi connectivity index (χ3v) is 9.05. The van der Waals surface area contributed by atoms with Gasteiger partial charge in [0.2, 0.25) is 0 Å². The molecule has 1 saturated heterocycles. The van der Waals surface area contributed by atoms with Crippen molar-refractivity contribution < 1.29 is 4.74 Å². The van der Waals surface area contributed by atoms with E-state index >= 15 is 0 Å². The maximum atomic E-state index is 9.26. The number of aryl methyl sites for hydroxylation is 2. The molecule has 6 nitrogen and oxygen atoms in total. The van der Waals surface area contributed by atoms with Crippen LogP contribution < -0.4 is 4.74 Å². The van der Waals surface area contributed by atoms with Crippen LogP contribution >= 0.6 is 11.6 Å². The lowest BCUT2D eigenvalue weighted by Crippen LogP contribution is -2.33. The van der Waals surface area contributed by atoms with Crippen molar-refractivity contribution in [3.05, 3.63) is 101 Å². The monoisotopic (exact) mass is 605 g/mol. The van der Waals surface area contributed by atoms with Crippen molar-refractivity contribution in [1.82, 2.24) is 19.7 Å². The van der Waals surface area contributed by atoms with Crippen molar-refractivity contribution in [2.75, 3.05) is 19.6 Å². The summed E-state index contributed by atoms with van der Waals surface area (Å²) in [7, 11) is 0. The lowest BCUT2D eigenvalue weighted by atomic mass is 9.93. The van der Waals surface area contributed by atoms with E-state index in [1.54, 1.807) is 0 Å². The van der Waals surface area contributed by atoms with Crippen LogP contribution in [0, 0.1) is 11.3 Å². The van der Waals surface area contributed by atoms with E-state index in [0.717, 1.165) is 87.3 Å². The van der Waals surface area contributed by atoms with Crippen LogP contribution in [0.15, 0.2) is 79.0 Å². The number of ether oxygens (including phenoxy) is 1. The lowest BCUT2D eigenvalue weighted by molar-refractivity contribution is 0.207. The number of rotatable bonds is 12. The fraction of sp³-hybridized carbons (Fsp3) is 0.351. The van der Waals surface area contributed by atoms with Gasteiger partial charge in [-0.05, 0) is 137 Å². The van der Waals surface area contributed by atoms with Crippen molar-refractivity contribution in [2.24, 2.45) is 0 Å². The fourth-order valence-electron chi connectivity index (χ4n) is 6.24. The van der Waals surface area contributed by atoms with Gasteiger partial charge in [-0.2, -0.15) is 10.4 Å². The summed E-state index contributed by atoms with van der Waals surface area (Å²) in [5, 5.41) is 16.3. The van der Waals surface area contributed by atoms with E-state index in [0.29, 0.717) is 10.9 Å². The molecule has 0 bridgehead atoms. The number of piperidine rings is 1. The quantitative estimate of drug-likeness (QED) is 0.144. The number of unbranched alkanes of at least 4 members (excludes halogenated alkanes) is 2. The molecule has 5 aromatic rings. The number of benzene rings is 3. The number of fused-ring (bicyclic) bond motifs is 1. The number of aromatic amines is 1. The summed E-state index contributed by atoms with van der Waals surface area (Å²) in [6, 6.07) is 26.2. The van der Waals surface area contributed by atoms with Crippen LogP contribution in [-0.4, -0.2) is 39.3 Å². The molecule has 2 aromatic heterocycles. The Hall–Kier alpha value is -4.05. The highest BCUT2D eigenvalue weighted by Crippen LogP contribution is 2.33. The SMILES string of the molecule is CCCCn1nc(C2CCN(CCCCc3c[nH]c4ccc(C#N)cc34)CC2)cc1-c1ccc(Oc2ccc(Cl)cc2)cc1. The van der Waals surface area contributed by atoms with Crippen molar-refractivity contribution in [1.29, 1.82) is 5.26 Å². The number of nitrogens with one attached hydrogen (secondary N) is 1. The highest BCUT2D eigenvalue weighted by Gasteiger charge is 2.24. The highest BCUT2D eigenvalue weighted by atomic mass is 35.5. The first-order valence-electron chi connectivity index (χ1n) is 15.9. The number of hydrogen-bond acceptors (Lipinski definition) is 4. The number of H-pyrrole nitrogens is 1. The van der Waals surface area contributed by atoms with Crippen LogP contribution in [0.2, 0.25) is 5.02 Å². The smallest absolute Gasteiger partial charge is 0.127 e. The van der Waals surface area contributed by atoms with Gasteiger partial charge in [-0.25, -0.2) is 0 Å². The van der Waals surface area contributed by atoms with Gasteiger partial charge in [0.05, 0.1) is 23.0 Å². The normalized spacial score (nSPS) is 14.2. The Morgan fingerprint density at radius 2 is 1.68 bits per heavy atom. The Kier molecular flexibility index (Phi) is 9.65. The second-order valence-corrected chi connectivity index (χ2v) is 12.3. The van der Waals surface area contributed by atoms with E-state index in [9.17, 15) is 5.26 Å². The van der Waals surface area contributed by atoms with Gasteiger partial charge in [0, 0.05) is 40.1 Å². The molecule has 1 aliphatic heterocycles. The third-order valence-electron chi connectivity index (χ3n) is 8.79. The highest BCUT2D eigenvalue weighted by molar-refractivity contribution is 6.30. The molecule has 44 heavy (non-hydrogen) atoms. The molecule has 1 fully saturated rings. The average molecular weight is 606 g/mol. The minimum absolute atomic E-state index is 0.501. The summed E-state index contributed by atoms with van der Waals surface area (Å²) < 4.78 is 8.22. The summed E-state index contributed by atoms with van der Waals surface area (Å²) >= 11 is 6.01.